The van der Waals surface area contributed by atoms with Crippen LogP contribution >= 0.6 is 0 Å². The molecule has 0 bridgehead atoms. The number of rotatable bonds is 8. The lowest BCUT2D eigenvalue weighted by Gasteiger charge is -2.04. The highest BCUT2D eigenvalue weighted by Gasteiger charge is 2.00. The van der Waals surface area contributed by atoms with Crippen molar-refractivity contribution in [1.82, 2.24) is 0 Å². The van der Waals surface area contributed by atoms with Gasteiger partial charge in [0.25, 0.3) is 0 Å². The van der Waals surface area contributed by atoms with Crippen LogP contribution in [0.4, 0.5) is 0 Å². The van der Waals surface area contributed by atoms with Gasteiger partial charge < -0.3 is 9.47 Å². The van der Waals surface area contributed by atoms with E-state index in [0.717, 1.165) is 24.8 Å². The molecular weight excluding hydrogens is 180 g/mol. The Morgan fingerprint density at radius 1 is 1.36 bits per heavy atom. The number of methoxy groups -OCH3 is 1. The second kappa shape index (κ2) is 8.35. The van der Waals surface area contributed by atoms with E-state index in [1.807, 2.05) is 0 Å². The molecule has 0 amide bonds. The minimum Gasteiger partial charge on any atom is -0.497 e. The Balaban J connectivity index is 3.31. The number of carbonyl (C=O) groups excluding carboxylic acids is 1. The number of hydrogen-bond donors (Lipinski definition) is 0. The predicted molar refractivity (Wildman–Crippen MR) is 55.8 cm³/mol. The molecule has 0 N–H and O–H groups in total. The van der Waals surface area contributed by atoms with Gasteiger partial charge in [-0.25, -0.2) is 0 Å². The van der Waals surface area contributed by atoms with Crippen LogP contribution in [-0.4, -0.2) is 19.7 Å². The summed E-state index contributed by atoms with van der Waals surface area (Å²) >= 11 is 0. The van der Waals surface area contributed by atoms with E-state index < -0.39 is 0 Å². The summed E-state index contributed by atoms with van der Waals surface area (Å²) in [5, 5.41) is 0. The molecular formula is C11H18O3. The maximum Gasteiger partial charge on any atom is 0.305 e. The van der Waals surface area contributed by atoms with Crippen LogP contribution in [0.2, 0.25) is 0 Å². The van der Waals surface area contributed by atoms with Crippen LogP contribution in [0.1, 0.15) is 25.7 Å². The van der Waals surface area contributed by atoms with E-state index in [2.05, 4.69) is 17.9 Å². The van der Waals surface area contributed by atoms with Crippen molar-refractivity contribution in [3.8, 4) is 0 Å². The highest BCUT2D eigenvalue weighted by atomic mass is 16.5. The lowest BCUT2D eigenvalue weighted by atomic mass is 10.1. The smallest absolute Gasteiger partial charge is 0.305 e. The summed E-state index contributed by atoms with van der Waals surface area (Å²) in [5.74, 6) is -0.155. The zero-order chi connectivity index (χ0) is 10.8. The summed E-state index contributed by atoms with van der Waals surface area (Å²) in [7, 11) is 1.40. The van der Waals surface area contributed by atoms with E-state index >= 15 is 0 Å². The Kier molecular flexibility index (Phi) is 7.61. The molecule has 3 nitrogen and oxygen atoms in total. The Labute approximate surface area is 85.4 Å². The second-order valence-corrected chi connectivity index (χ2v) is 3.01. The van der Waals surface area contributed by atoms with Crippen LogP contribution < -0.4 is 0 Å². The predicted octanol–water partition coefficient (Wildman–Crippen LogP) is 2.44. The van der Waals surface area contributed by atoms with Crippen LogP contribution in [0.5, 0.6) is 0 Å². The molecule has 0 radical (unpaired) electrons. The van der Waals surface area contributed by atoms with Crippen molar-refractivity contribution in [2.45, 2.75) is 25.7 Å². The molecule has 0 atom stereocenters. The normalized spacial score (nSPS) is 9.21. The molecule has 0 aromatic rings. The first-order valence-electron chi connectivity index (χ1n) is 4.66. The fraction of sp³-hybridized carbons (Fsp3) is 0.545. The average Bonchev–Trinajstić information content (AvgIpc) is 2.21. The Hall–Kier alpha value is -1.25. The van der Waals surface area contributed by atoms with Gasteiger partial charge in [0.2, 0.25) is 0 Å². The van der Waals surface area contributed by atoms with Crippen molar-refractivity contribution >= 4 is 5.97 Å². The van der Waals surface area contributed by atoms with E-state index in [9.17, 15) is 4.79 Å². The SMILES string of the molecule is C=COCC(=C)CCCCC(=O)OC. The maximum absolute atomic E-state index is 10.7. The molecule has 0 unspecified atom stereocenters. The molecule has 0 heterocycles. The zero-order valence-corrected chi connectivity index (χ0v) is 8.75. The lowest BCUT2D eigenvalue weighted by Crippen LogP contribution is -1.99. The fourth-order valence-corrected chi connectivity index (χ4v) is 0.995. The van der Waals surface area contributed by atoms with Gasteiger partial charge in [0.15, 0.2) is 0 Å². The van der Waals surface area contributed by atoms with E-state index in [1.54, 1.807) is 0 Å². The van der Waals surface area contributed by atoms with E-state index in [-0.39, 0.29) is 5.97 Å². The minimum atomic E-state index is -0.155. The van der Waals surface area contributed by atoms with Gasteiger partial charge in [-0.3, -0.25) is 4.79 Å². The van der Waals surface area contributed by atoms with Gasteiger partial charge in [0.1, 0.15) is 6.61 Å². The van der Waals surface area contributed by atoms with E-state index in [1.165, 1.54) is 13.4 Å². The number of ether oxygens (including phenoxy) is 2. The molecule has 0 aliphatic carbocycles. The molecule has 0 saturated heterocycles. The Morgan fingerprint density at radius 2 is 2.00 bits per heavy atom. The van der Waals surface area contributed by atoms with Crippen LogP contribution in [0.25, 0.3) is 0 Å². The molecule has 0 aromatic carbocycles. The highest BCUT2D eigenvalue weighted by molar-refractivity contribution is 5.68. The number of esters is 1. The third-order valence-electron chi connectivity index (χ3n) is 1.79. The monoisotopic (exact) mass is 198 g/mol. The minimum absolute atomic E-state index is 0.155. The van der Waals surface area contributed by atoms with Crippen molar-refractivity contribution in [3.05, 3.63) is 25.0 Å². The van der Waals surface area contributed by atoms with Gasteiger partial charge >= 0.3 is 5.97 Å². The number of unbranched alkanes of at least 4 members (excludes halogenated alkanes) is 1. The maximum atomic E-state index is 10.7. The molecule has 14 heavy (non-hydrogen) atoms. The van der Waals surface area contributed by atoms with Crippen LogP contribution in [0.15, 0.2) is 25.0 Å². The first-order valence-corrected chi connectivity index (χ1v) is 4.66. The average molecular weight is 198 g/mol. The molecule has 3 heteroatoms. The topological polar surface area (TPSA) is 35.5 Å². The van der Waals surface area contributed by atoms with Gasteiger partial charge in [0, 0.05) is 6.42 Å². The van der Waals surface area contributed by atoms with E-state index in [0.29, 0.717) is 13.0 Å². The molecule has 0 aliphatic heterocycles. The van der Waals surface area contributed by atoms with Crippen LogP contribution in [0.3, 0.4) is 0 Å². The number of carbonyl (C=O) groups is 1. The Bertz CT molecular complexity index is 197. The van der Waals surface area contributed by atoms with Crippen molar-refractivity contribution in [2.24, 2.45) is 0 Å². The largest absolute Gasteiger partial charge is 0.497 e. The number of hydrogen-bond acceptors (Lipinski definition) is 3. The van der Waals surface area contributed by atoms with Crippen molar-refractivity contribution < 1.29 is 14.3 Å². The highest BCUT2D eigenvalue weighted by Crippen LogP contribution is 2.08. The summed E-state index contributed by atoms with van der Waals surface area (Å²) in [6, 6.07) is 0. The molecule has 0 aromatic heterocycles. The van der Waals surface area contributed by atoms with Gasteiger partial charge in [0.05, 0.1) is 13.4 Å². The molecule has 0 rings (SSSR count). The van der Waals surface area contributed by atoms with Gasteiger partial charge in [-0.1, -0.05) is 13.2 Å². The molecule has 0 saturated carbocycles. The second-order valence-electron chi connectivity index (χ2n) is 3.01. The van der Waals surface area contributed by atoms with Gasteiger partial charge in [-0.2, -0.15) is 0 Å². The van der Waals surface area contributed by atoms with Crippen LogP contribution in [-0.2, 0) is 14.3 Å². The van der Waals surface area contributed by atoms with Crippen molar-refractivity contribution in [3.63, 3.8) is 0 Å². The molecule has 0 spiro atoms. The first-order chi connectivity index (χ1) is 6.70. The third-order valence-corrected chi connectivity index (χ3v) is 1.79. The van der Waals surface area contributed by atoms with Gasteiger partial charge in [-0.15, -0.1) is 0 Å². The fourth-order valence-electron chi connectivity index (χ4n) is 0.995. The standard InChI is InChI=1S/C11H18O3/c1-4-14-9-10(2)7-5-6-8-11(12)13-3/h4H,1-2,5-9H2,3H3. The summed E-state index contributed by atoms with van der Waals surface area (Å²) in [6.07, 6.45) is 4.53. The van der Waals surface area contributed by atoms with Gasteiger partial charge in [-0.05, 0) is 24.8 Å². The Morgan fingerprint density at radius 3 is 2.57 bits per heavy atom. The van der Waals surface area contributed by atoms with Crippen molar-refractivity contribution in [2.75, 3.05) is 13.7 Å². The quantitative estimate of drug-likeness (QED) is 0.260. The summed E-state index contributed by atoms with van der Waals surface area (Å²) < 4.78 is 9.49. The van der Waals surface area contributed by atoms with Crippen molar-refractivity contribution in [1.29, 1.82) is 0 Å². The first kappa shape index (κ1) is 12.8. The van der Waals surface area contributed by atoms with E-state index in [4.69, 9.17) is 4.74 Å². The summed E-state index contributed by atoms with van der Waals surface area (Å²) in [6.45, 7) is 7.79. The zero-order valence-electron chi connectivity index (χ0n) is 8.75. The summed E-state index contributed by atoms with van der Waals surface area (Å²) in [4.78, 5) is 10.7. The molecule has 0 fully saturated rings. The summed E-state index contributed by atoms with van der Waals surface area (Å²) in [5.41, 5.74) is 1.02. The van der Waals surface area contributed by atoms with Crippen LogP contribution in [0, 0.1) is 0 Å². The lowest BCUT2D eigenvalue weighted by molar-refractivity contribution is -0.140. The molecule has 80 valence electrons. The third kappa shape index (κ3) is 7.40. The molecule has 0 aliphatic rings.